The number of nitro benzene ring substituents is 1. The molecule has 0 saturated carbocycles. The van der Waals surface area contributed by atoms with Gasteiger partial charge in [-0.05, 0) is 12.1 Å². The van der Waals surface area contributed by atoms with Gasteiger partial charge < -0.3 is 0 Å². The van der Waals surface area contributed by atoms with Gasteiger partial charge >= 0.3 is 0 Å². The molecule has 1 aromatic rings. The van der Waals surface area contributed by atoms with Crippen LogP contribution in [-0.2, 0) is 0 Å². The third-order valence-corrected chi connectivity index (χ3v) is 2.00. The van der Waals surface area contributed by atoms with Gasteiger partial charge in [0.15, 0.2) is 0 Å². The Morgan fingerprint density at radius 3 is 2.23 bits per heavy atom. The van der Waals surface area contributed by atoms with Crippen molar-refractivity contribution in [3.63, 3.8) is 0 Å². The average Bonchev–Trinajstić information content (AvgIpc) is 2.04. The highest BCUT2D eigenvalue weighted by atomic mass is 32.2. The van der Waals surface area contributed by atoms with Gasteiger partial charge in [-0.2, -0.15) is 8.78 Å². The van der Waals surface area contributed by atoms with Gasteiger partial charge in [0, 0.05) is 17.0 Å². The molecule has 0 bridgehead atoms. The summed E-state index contributed by atoms with van der Waals surface area (Å²) in [6.45, 7) is 0. The highest BCUT2D eigenvalue weighted by Gasteiger charge is 2.07. The number of alkyl halides is 2. The topological polar surface area (TPSA) is 43.1 Å². The van der Waals surface area contributed by atoms with Crippen molar-refractivity contribution in [1.82, 2.24) is 0 Å². The lowest BCUT2D eigenvalue weighted by Crippen LogP contribution is -1.87. The van der Waals surface area contributed by atoms with Gasteiger partial charge in [0.2, 0.25) is 0 Å². The van der Waals surface area contributed by atoms with Gasteiger partial charge in [0.1, 0.15) is 0 Å². The Morgan fingerprint density at radius 1 is 1.31 bits per heavy atom. The fraction of sp³-hybridized carbons (Fsp3) is 0.143. The molecule has 0 aliphatic rings. The lowest BCUT2D eigenvalue weighted by molar-refractivity contribution is -0.384. The molecule has 0 aliphatic carbocycles. The van der Waals surface area contributed by atoms with E-state index in [0.717, 1.165) is 0 Å². The molecule has 0 heterocycles. The van der Waals surface area contributed by atoms with E-state index >= 15 is 0 Å². The third kappa shape index (κ3) is 2.98. The van der Waals surface area contributed by atoms with Crippen molar-refractivity contribution in [3.8, 4) is 0 Å². The zero-order chi connectivity index (χ0) is 9.84. The number of halogens is 2. The van der Waals surface area contributed by atoms with E-state index in [1.54, 1.807) is 0 Å². The minimum Gasteiger partial charge on any atom is -0.258 e. The Morgan fingerprint density at radius 2 is 1.85 bits per heavy atom. The first-order valence-corrected chi connectivity index (χ1v) is 4.17. The molecular weight excluding hydrogens is 200 g/mol. The van der Waals surface area contributed by atoms with E-state index in [4.69, 9.17) is 0 Å². The second-order valence-corrected chi connectivity index (χ2v) is 3.19. The normalized spacial score (nSPS) is 10.4. The van der Waals surface area contributed by atoms with Crippen LogP contribution in [0.15, 0.2) is 29.2 Å². The zero-order valence-electron chi connectivity index (χ0n) is 6.31. The van der Waals surface area contributed by atoms with E-state index in [1.165, 1.54) is 24.3 Å². The lowest BCUT2D eigenvalue weighted by atomic mass is 10.3. The first-order chi connectivity index (χ1) is 6.09. The summed E-state index contributed by atoms with van der Waals surface area (Å²) in [4.78, 5) is 9.93. The van der Waals surface area contributed by atoms with Gasteiger partial charge in [-0.3, -0.25) is 10.1 Å². The predicted molar refractivity (Wildman–Crippen MR) is 45.0 cm³/mol. The summed E-state index contributed by atoms with van der Waals surface area (Å²) >= 11 is 0.363. The highest BCUT2D eigenvalue weighted by Crippen LogP contribution is 2.26. The number of hydrogen-bond donors (Lipinski definition) is 0. The monoisotopic (exact) mass is 205 g/mol. The number of nitrogens with zero attached hydrogens (tertiary/aromatic N) is 1. The Labute approximate surface area is 76.9 Å². The summed E-state index contributed by atoms with van der Waals surface area (Å²) in [5, 5.41) is 10.2. The molecule has 13 heavy (non-hydrogen) atoms. The molecule has 0 radical (unpaired) electrons. The molecule has 0 spiro atoms. The maximum atomic E-state index is 11.8. The van der Waals surface area contributed by atoms with Crippen LogP contribution in [0.3, 0.4) is 0 Å². The van der Waals surface area contributed by atoms with Crippen LogP contribution >= 0.6 is 11.8 Å². The van der Waals surface area contributed by atoms with Crippen LogP contribution in [0.1, 0.15) is 0 Å². The molecule has 70 valence electrons. The fourth-order valence-corrected chi connectivity index (χ4v) is 1.25. The quantitative estimate of drug-likeness (QED) is 0.433. The van der Waals surface area contributed by atoms with Gasteiger partial charge in [-0.15, -0.1) is 0 Å². The number of benzene rings is 1. The van der Waals surface area contributed by atoms with Gasteiger partial charge in [-0.1, -0.05) is 11.8 Å². The number of hydrogen-bond acceptors (Lipinski definition) is 3. The van der Waals surface area contributed by atoms with E-state index < -0.39 is 10.7 Å². The van der Waals surface area contributed by atoms with Gasteiger partial charge in [0.25, 0.3) is 11.4 Å². The zero-order valence-corrected chi connectivity index (χ0v) is 7.13. The molecular formula is C7H5F2NO2S. The van der Waals surface area contributed by atoms with Crippen LogP contribution in [-0.4, -0.2) is 10.7 Å². The van der Waals surface area contributed by atoms with E-state index in [0.29, 0.717) is 16.7 Å². The molecule has 0 unspecified atom stereocenters. The van der Waals surface area contributed by atoms with E-state index in [1.807, 2.05) is 0 Å². The summed E-state index contributed by atoms with van der Waals surface area (Å²) in [5.41, 5.74) is -0.0985. The van der Waals surface area contributed by atoms with Crippen molar-refractivity contribution in [2.45, 2.75) is 10.7 Å². The van der Waals surface area contributed by atoms with Gasteiger partial charge in [-0.25, -0.2) is 0 Å². The largest absolute Gasteiger partial charge is 0.288 e. The summed E-state index contributed by atoms with van der Waals surface area (Å²) in [6, 6.07) is 5.00. The second kappa shape index (κ2) is 4.18. The van der Waals surface area contributed by atoms with Crippen LogP contribution in [0.4, 0.5) is 14.5 Å². The van der Waals surface area contributed by atoms with Crippen LogP contribution in [0.25, 0.3) is 0 Å². The Balaban J connectivity index is 2.75. The van der Waals surface area contributed by atoms with Crippen molar-refractivity contribution in [3.05, 3.63) is 34.4 Å². The minimum atomic E-state index is -2.50. The number of rotatable bonds is 3. The molecule has 0 amide bonds. The van der Waals surface area contributed by atoms with Crippen LogP contribution in [0.2, 0.25) is 0 Å². The first kappa shape index (κ1) is 9.91. The predicted octanol–water partition coefficient (Wildman–Crippen LogP) is 2.91. The Bertz CT molecular complexity index is 302. The number of thioether (sulfide) groups is 1. The van der Waals surface area contributed by atoms with E-state index in [-0.39, 0.29) is 5.69 Å². The summed E-state index contributed by atoms with van der Waals surface area (Å²) in [7, 11) is 0. The molecule has 0 aliphatic heterocycles. The highest BCUT2D eigenvalue weighted by molar-refractivity contribution is 7.99. The maximum Gasteiger partial charge on any atom is 0.288 e. The molecule has 1 aromatic carbocycles. The molecule has 0 N–H and O–H groups in total. The lowest BCUT2D eigenvalue weighted by Gasteiger charge is -1.98. The summed E-state index contributed by atoms with van der Waals surface area (Å²) in [6.07, 6.45) is 0. The number of non-ortho nitro benzene ring substituents is 1. The van der Waals surface area contributed by atoms with Crippen molar-refractivity contribution in [1.29, 1.82) is 0 Å². The molecule has 0 fully saturated rings. The smallest absolute Gasteiger partial charge is 0.258 e. The van der Waals surface area contributed by atoms with Crippen LogP contribution in [0, 0.1) is 10.1 Å². The molecule has 0 aromatic heterocycles. The molecule has 0 saturated heterocycles. The molecule has 3 nitrogen and oxygen atoms in total. The van der Waals surface area contributed by atoms with Gasteiger partial charge in [0.05, 0.1) is 4.92 Å². The van der Waals surface area contributed by atoms with Crippen molar-refractivity contribution < 1.29 is 13.7 Å². The molecule has 6 heteroatoms. The second-order valence-electron chi connectivity index (χ2n) is 2.13. The average molecular weight is 205 g/mol. The van der Waals surface area contributed by atoms with E-state index in [2.05, 4.69) is 0 Å². The van der Waals surface area contributed by atoms with E-state index in [9.17, 15) is 18.9 Å². The maximum absolute atomic E-state index is 11.8. The Hall–Kier alpha value is -1.17. The third-order valence-electron chi connectivity index (χ3n) is 1.27. The molecule has 0 atom stereocenters. The fourth-order valence-electron chi connectivity index (χ4n) is 0.749. The first-order valence-electron chi connectivity index (χ1n) is 3.29. The minimum absolute atomic E-state index is 0.0985. The number of nitro groups is 1. The van der Waals surface area contributed by atoms with Crippen LogP contribution in [0.5, 0.6) is 0 Å². The van der Waals surface area contributed by atoms with Crippen molar-refractivity contribution in [2.24, 2.45) is 0 Å². The Kier molecular flexibility index (Phi) is 3.18. The SMILES string of the molecule is O=[N+]([O-])c1ccc(SC(F)F)cc1. The molecule has 1 rings (SSSR count). The standard InChI is InChI=1S/C7H5F2NO2S/c8-7(9)13-6-3-1-5(2-4-6)10(11)12/h1-4,7H. The summed E-state index contributed by atoms with van der Waals surface area (Å²) in [5.74, 6) is -2.50. The van der Waals surface area contributed by atoms with Crippen LogP contribution < -0.4 is 0 Å². The van der Waals surface area contributed by atoms with Crippen molar-refractivity contribution >= 4 is 17.4 Å². The van der Waals surface area contributed by atoms with Crippen molar-refractivity contribution in [2.75, 3.05) is 0 Å². The summed E-state index contributed by atoms with van der Waals surface area (Å²) < 4.78 is 23.6.